The van der Waals surface area contributed by atoms with Crippen LogP contribution in [0.25, 0.3) is 22.3 Å². The number of rotatable bonds is 11. The Kier molecular flexibility index (Phi) is 8.93. The quantitative estimate of drug-likeness (QED) is 0.158. The summed E-state index contributed by atoms with van der Waals surface area (Å²) in [6, 6.07) is 8.52. The van der Waals surface area contributed by atoms with Crippen molar-refractivity contribution in [3.63, 3.8) is 0 Å². The van der Waals surface area contributed by atoms with Gasteiger partial charge in [0.1, 0.15) is 18.2 Å². The first-order valence-corrected chi connectivity index (χ1v) is 16.4. The Morgan fingerprint density at radius 1 is 1.21 bits per heavy atom. The molecular weight excluding hydrogens is 498 g/mol. The number of halogens is 1. The van der Waals surface area contributed by atoms with Gasteiger partial charge in [-0.1, -0.05) is 60.7 Å². The third-order valence-corrected chi connectivity index (χ3v) is 8.99. The zero-order valence-electron chi connectivity index (χ0n) is 19.5. The van der Waals surface area contributed by atoms with Crippen LogP contribution in [0.15, 0.2) is 29.4 Å². The Labute approximate surface area is 206 Å². The Morgan fingerprint density at radius 2 is 1.94 bits per heavy atom. The van der Waals surface area contributed by atoms with E-state index in [-0.39, 0.29) is 21.3 Å². The average Bonchev–Trinajstić information content (AvgIpc) is 3.11. The van der Waals surface area contributed by atoms with Gasteiger partial charge in [-0.25, -0.2) is 27.4 Å². The van der Waals surface area contributed by atoms with E-state index in [4.69, 9.17) is 21.4 Å². The maximum absolute atomic E-state index is 12.7. The van der Waals surface area contributed by atoms with E-state index in [1.165, 1.54) is 36.2 Å². The van der Waals surface area contributed by atoms with Crippen LogP contribution in [0, 0.1) is 0 Å². The van der Waals surface area contributed by atoms with Crippen LogP contribution in [-0.4, -0.2) is 68.2 Å². The van der Waals surface area contributed by atoms with E-state index in [9.17, 15) is 8.42 Å². The van der Waals surface area contributed by atoms with Crippen molar-refractivity contribution < 1.29 is 13.2 Å². The van der Waals surface area contributed by atoms with Gasteiger partial charge in [0.2, 0.25) is 10.0 Å². The summed E-state index contributed by atoms with van der Waals surface area (Å²) in [5, 5.41) is 6.32. The van der Waals surface area contributed by atoms with E-state index in [0.717, 1.165) is 6.42 Å². The first-order chi connectivity index (χ1) is 15.6. The molecule has 2 heterocycles. The fourth-order valence-electron chi connectivity index (χ4n) is 3.23. The molecule has 0 saturated heterocycles. The zero-order chi connectivity index (χ0) is 24.2. The molecule has 0 aliphatic rings. The van der Waals surface area contributed by atoms with Crippen LogP contribution in [-0.2, 0) is 27.2 Å². The maximum atomic E-state index is 12.7. The number of nitrogens with zero attached hydrogens (tertiary/aromatic N) is 5. The number of hydrogen-bond acceptors (Lipinski definition) is 7. The minimum absolute atomic E-state index is 0.209. The van der Waals surface area contributed by atoms with Gasteiger partial charge in [-0.15, -0.1) is 0 Å². The van der Waals surface area contributed by atoms with E-state index >= 15 is 0 Å². The largest absolute Gasteiger partial charge is 0.359 e. The van der Waals surface area contributed by atoms with Crippen molar-refractivity contribution >= 4 is 53.2 Å². The van der Waals surface area contributed by atoms with Gasteiger partial charge in [0, 0.05) is 35.1 Å². The molecule has 0 fully saturated rings. The number of thioether (sulfide) groups is 1. The molecule has 12 heteroatoms. The second kappa shape index (κ2) is 11.3. The molecule has 2 aromatic heterocycles. The van der Waals surface area contributed by atoms with Crippen molar-refractivity contribution in [2.75, 3.05) is 27.0 Å². The van der Waals surface area contributed by atoms with E-state index in [1.54, 1.807) is 10.7 Å². The molecule has 0 amide bonds. The van der Waals surface area contributed by atoms with Gasteiger partial charge in [0.15, 0.2) is 10.8 Å². The second-order valence-corrected chi connectivity index (χ2v) is 14.3. The zero-order valence-corrected chi connectivity index (χ0v) is 22.9. The fourth-order valence-corrected chi connectivity index (χ4v) is 5.50. The molecule has 0 spiro atoms. The Morgan fingerprint density at radius 3 is 2.58 bits per heavy atom. The number of benzene rings is 1. The van der Waals surface area contributed by atoms with Crippen molar-refractivity contribution in [3.8, 4) is 11.3 Å². The molecule has 0 bridgehead atoms. The summed E-state index contributed by atoms with van der Waals surface area (Å²) in [6.45, 7) is 5.40. The summed E-state index contributed by atoms with van der Waals surface area (Å²) >= 11 is 7.84. The molecule has 33 heavy (non-hydrogen) atoms. The first-order valence-electron chi connectivity index (χ1n) is 10.5. The highest BCUT2D eigenvalue weighted by atomic mass is 35.5. The average molecular weight is 527 g/mol. The van der Waals surface area contributed by atoms with Gasteiger partial charge in [0.25, 0.3) is 0 Å². The van der Waals surface area contributed by atoms with E-state index < -0.39 is 10.0 Å². The lowest BCUT2D eigenvalue weighted by Gasteiger charge is -2.12. The summed E-state index contributed by atoms with van der Waals surface area (Å²) < 4.78 is 34.3. The lowest BCUT2D eigenvalue weighted by molar-refractivity contribution is 0.0719. The van der Waals surface area contributed by atoms with Gasteiger partial charge in [-0.2, -0.15) is 5.10 Å². The number of fused-ring (bicyclic) bond motifs is 1. The molecule has 8 nitrogen and oxygen atoms in total. The van der Waals surface area contributed by atoms with Gasteiger partial charge < -0.3 is 4.74 Å². The predicted molar refractivity (Wildman–Crippen MR) is 137 cm³/mol. The minimum atomic E-state index is -3.56. The van der Waals surface area contributed by atoms with Crippen LogP contribution in [0.5, 0.6) is 0 Å². The normalized spacial score (nSPS) is 12.4. The van der Waals surface area contributed by atoms with Crippen molar-refractivity contribution in [2.24, 2.45) is 0 Å². The molecule has 1 aromatic carbocycles. The van der Waals surface area contributed by atoms with Crippen molar-refractivity contribution in [1.82, 2.24) is 24.1 Å². The highest BCUT2D eigenvalue weighted by Gasteiger charge is 2.25. The van der Waals surface area contributed by atoms with Crippen LogP contribution in [0.4, 0.5) is 0 Å². The molecule has 0 atom stereocenters. The van der Waals surface area contributed by atoms with Crippen LogP contribution < -0.4 is 0 Å². The molecule has 0 aliphatic heterocycles. The lowest BCUT2D eigenvalue weighted by atomic mass is 10.1. The predicted octanol–water partition coefficient (Wildman–Crippen LogP) is 4.38. The van der Waals surface area contributed by atoms with Crippen molar-refractivity contribution in [1.29, 1.82) is 0 Å². The molecular formula is C21H29ClN5O3S2Si. The summed E-state index contributed by atoms with van der Waals surface area (Å²) in [6.07, 6.45) is 2.85. The Balaban J connectivity index is 2.13. The molecule has 3 rings (SSSR count). The van der Waals surface area contributed by atoms with Gasteiger partial charge >= 0.3 is 0 Å². The van der Waals surface area contributed by atoms with Gasteiger partial charge in [0.05, 0.1) is 16.1 Å². The maximum Gasteiger partial charge on any atom is 0.219 e. The highest BCUT2D eigenvalue weighted by Crippen LogP contribution is 2.35. The third kappa shape index (κ3) is 6.34. The molecule has 0 N–H and O–H groups in total. The van der Waals surface area contributed by atoms with E-state index in [1.807, 2.05) is 24.5 Å². The standard InChI is InChI=1S/C21H29ClN5O3S2Si/c1-26(2)32(28,29)13-17-18-19(15-9-6-7-10-16(15)22)25-27(14-30-11-8-12-33(4)5)20(18)24-21(23-17)31-3/h6-7,9-10H,8,11-14H2,1-5H3. The van der Waals surface area contributed by atoms with Crippen molar-refractivity contribution in [3.05, 3.63) is 35.0 Å². The van der Waals surface area contributed by atoms with Crippen molar-refractivity contribution in [2.45, 2.75) is 43.2 Å². The SMILES string of the molecule is CSc1nc(CS(=O)(=O)N(C)C)c2c(-c3ccccc3Cl)nn(COCCC[Si](C)C)c2n1. The molecule has 0 saturated carbocycles. The monoisotopic (exact) mass is 526 g/mol. The molecule has 0 unspecified atom stereocenters. The number of hydrogen-bond donors (Lipinski definition) is 0. The smallest absolute Gasteiger partial charge is 0.219 e. The molecule has 179 valence electrons. The Hall–Kier alpha value is -1.50. The van der Waals surface area contributed by atoms with E-state index in [0.29, 0.717) is 44.8 Å². The van der Waals surface area contributed by atoms with Gasteiger partial charge in [-0.05, 0) is 18.7 Å². The summed E-state index contributed by atoms with van der Waals surface area (Å²) in [5.41, 5.74) is 2.16. The number of sulfonamides is 1. The first kappa shape index (κ1) is 26.1. The number of ether oxygens (including phenoxy) is 1. The van der Waals surface area contributed by atoms with Crippen LogP contribution in [0.2, 0.25) is 24.2 Å². The summed E-state index contributed by atoms with van der Waals surface area (Å²) in [7, 11) is -0.837. The molecule has 0 aliphatic carbocycles. The number of aromatic nitrogens is 4. The molecule has 3 aromatic rings. The highest BCUT2D eigenvalue weighted by molar-refractivity contribution is 7.98. The second-order valence-electron chi connectivity index (χ2n) is 8.07. The van der Waals surface area contributed by atoms with E-state index in [2.05, 4.69) is 23.1 Å². The Bertz CT molecular complexity index is 1220. The topological polar surface area (TPSA) is 90.2 Å². The molecule has 1 radical (unpaired) electrons. The lowest BCUT2D eigenvalue weighted by Crippen LogP contribution is -2.24. The van der Waals surface area contributed by atoms with Crippen LogP contribution >= 0.6 is 23.4 Å². The minimum Gasteiger partial charge on any atom is -0.359 e. The fraction of sp³-hybridized carbons (Fsp3) is 0.476. The van der Waals surface area contributed by atoms with Crippen LogP contribution in [0.1, 0.15) is 12.1 Å². The van der Waals surface area contributed by atoms with Gasteiger partial charge in [-0.3, -0.25) is 0 Å². The summed E-state index contributed by atoms with van der Waals surface area (Å²) in [4.78, 5) is 9.22. The van der Waals surface area contributed by atoms with Crippen LogP contribution in [0.3, 0.4) is 0 Å². The summed E-state index contributed by atoms with van der Waals surface area (Å²) in [5.74, 6) is -0.269. The third-order valence-electron chi connectivity index (χ3n) is 5.01.